The summed E-state index contributed by atoms with van der Waals surface area (Å²) in [6.07, 6.45) is 0. The van der Waals surface area contributed by atoms with Crippen LogP contribution in [0.1, 0.15) is 5.56 Å². The van der Waals surface area contributed by atoms with Crippen molar-refractivity contribution in [2.75, 3.05) is 5.73 Å². The summed E-state index contributed by atoms with van der Waals surface area (Å²) in [5, 5.41) is 0. The first kappa shape index (κ1) is 11.0. The molecule has 16 heavy (non-hydrogen) atoms. The van der Waals surface area contributed by atoms with Gasteiger partial charge < -0.3 is 10.3 Å². The molecule has 0 bridgehead atoms. The average Bonchev–Trinajstić information content (AvgIpc) is 2.31. The second-order valence-electron chi connectivity index (χ2n) is 3.51. The third-order valence-corrected chi connectivity index (χ3v) is 3.76. The minimum Gasteiger partial charge on any atom is -0.611 e. The predicted molar refractivity (Wildman–Crippen MR) is 67.4 cm³/mol. The normalized spacial score (nSPS) is 12.3. The van der Waals surface area contributed by atoms with Gasteiger partial charge in [-0.05, 0) is 23.3 Å². The molecule has 82 valence electrons. The molecule has 1 atom stereocenters. The molecule has 1 unspecified atom stereocenters. The van der Waals surface area contributed by atoms with Gasteiger partial charge in [0, 0.05) is 5.56 Å². The van der Waals surface area contributed by atoms with Crippen LogP contribution in [0, 0.1) is 0 Å². The summed E-state index contributed by atoms with van der Waals surface area (Å²) in [6, 6.07) is 17.1. The zero-order chi connectivity index (χ0) is 11.4. The van der Waals surface area contributed by atoms with Crippen molar-refractivity contribution in [1.29, 1.82) is 0 Å². The molecule has 2 N–H and O–H groups in total. The van der Waals surface area contributed by atoms with Gasteiger partial charge in [-0.25, -0.2) is 0 Å². The van der Waals surface area contributed by atoms with Gasteiger partial charge in [-0.15, -0.1) is 0 Å². The third kappa shape index (κ3) is 2.56. The van der Waals surface area contributed by atoms with Crippen LogP contribution in [-0.4, -0.2) is 4.55 Å². The van der Waals surface area contributed by atoms with E-state index in [1.54, 1.807) is 6.07 Å². The predicted octanol–water partition coefficient (Wildman–Crippen LogP) is 2.58. The molecule has 0 aliphatic carbocycles. The largest absolute Gasteiger partial charge is 0.611 e. The van der Waals surface area contributed by atoms with E-state index in [1.807, 2.05) is 48.5 Å². The topological polar surface area (TPSA) is 49.1 Å². The SMILES string of the molecule is Nc1ccccc1[S+]([O-])Cc1ccccc1. The molecule has 0 aromatic heterocycles. The number of anilines is 1. The molecule has 0 spiro atoms. The molecule has 0 saturated carbocycles. The van der Waals surface area contributed by atoms with Crippen molar-refractivity contribution in [3.63, 3.8) is 0 Å². The lowest BCUT2D eigenvalue weighted by molar-refractivity contribution is 0.594. The smallest absolute Gasteiger partial charge is 0.175 e. The summed E-state index contributed by atoms with van der Waals surface area (Å²) in [5.41, 5.74) is 7.44. The van der Waals surface area contributed by atoms with Crippen LogP contribution in [0.15, 0.2) is 59.5 Å². The van der Waals surface area contributed by atoms with E-state index < -0.39 is 11.2 Å². The Morgan fingerprint density at radius 1 is 0.938 bits per heavy atom. The quantitative estimate of drug-likeness (QED) is 0.652. The van der Waals surface area contributed by atoms with E-state index >= 15 is 0 Å². The highest BCUT2D eigenvalue weighted by molar-refractivity contribution is 7.90. The zero-order valence-corrected chi connectivity index (χ0v) is 9.61. The van der Waals surface area contributed by atoms with Crippen LogP contribution in [0.2, 0.25) is 0 Å². The van der Waals surface area contributed by atoms with Crippen molar-refractivity contribution >= 4 is 16.9 Å². The third-order valence-electron chi connectivity index (χ3n) is 2.30. The summed E-state index contributed by atoms with van der Waals surface area (Å²) in [4.78, 5) is 0.714. The van der Waals surface area contributed by atoms with Gasteiger partial charge in [0.05, 0.1) is 5.69 Å². The molecule has 0 amide bonds. The van der Waals surface area contributed by atoms with Crippen molar-refractivity contribution < 1.29 is 4.55 Å². The van der Waals surface area contributed by atoms with E-state index in [9.17, 15) is 4.55 Å². The Hall–Kier alpha value is -1.45. The van der Waals surface area contributed by atoms with Crippen molar-refractivity contribution in [2.24, 2.45) is 0 Å². The molecule has 0 saturated heterocycles. The van der Waals surface area contributed by atoms with Crippen LogP contribution in [0.4, 0.5) is 5.69 Å². The highest BCUT2D eigenvalue weighted by atomic mass is 32.2. The second-order valence-corrected chi connectivity index (χ2v) is 4.93. The van der Waals surface area contributed by atoms with E-state index in [2.05, 4.69) is 0 Å². The molecular formula is C13H13NOS. The molecule has 3 heteroatoms. The summed E-state index contributed by atoms with van der Waals surface area (Å²) in [6.45, 7) is 0. The molecule has 2 nitrogen and oxygen atoms in total. The molecular weight excluding hydrogens is 218 g/mol. The van der Waals surface area contributed by atoms with E-state index in [4.69, 9.17) is 5.73 Å². The van der Waals surface area contributed by atoms with Gasteiger partial charge >= 0.3 is 0 Å². The van der Waals surface area contributed by atoms with Gasteiger partial charge in [0.2, 0.25) is 0 Å². The van der Waals surface area contributed by atoms with Crippen molar-refractivity contribution in [2.45, 2.75) is 10.6 Å². The maximum absolute atomic E-state index is 12.1. The standard InChI is InChI=1S/C13H13NOS/c14-12-8-4-5-9-13(12)16(15)10-11-6-2-1-3-7-11/h1-9H,10,14H2. The van der Waals surface area contributed by atoms with E-state index in [-0.39, 0.29) is 0 Å². The summed E-state index contributed by atoms with van der Waals surface area (Å²) in [7, 11) is 0. The Kier molecular flexibility index (Phi) is 3.49. The maximum Gasteiger partial charge on any atom is 0.175 e. The molecule has 2 aromatic rings. The van der Waals surface area contributed by atoms with Crippen LogP contribution in [0.25, 0.3) is 0 Å². The first-order chi connectivity index (χ1) is 7.77. The van der Waals surface area contributed by atoms with Gasteiger partial charge in [-0.3, -0.25) is 0 Å². The number of hydrogen-bond donors (Lipinski definition) is 1. The molecule has 2 aromatic carbocycles. The fourth-order valence-electron chi connectivity index (χ4n) is 1.49. The first-order valence-corrected chi connectivity index (χ1v) is 6.36. The first-order valence-electron chi connectivity index (χ1n) is 5.04. The van der Waals surface area contributed by atoms with Gasteiger partial charge in [0.15, 0.2) is 4.90 Å². The van der Waals surface area contributed by atoms with Crippen LogP contribution >= 0.6 is 0 Å². The number of nitrogen functional groups attached to an aromatic ring is 1. The maximum atomic E-state index is 12.1. The van der Waals surface area contributed by atoms with Crippen LogP contribution in [0.5, 0.6) is 0 Å². The molecule has 0 fully saturated rings. The van der Waals surface area contributed by atoms with Gasteiger partial charge in [0.25, 0.3) is 0 Å². The summed E-state index contributed by atoms with van der Waals surface area (Å²) >= 11 is -1.07. The van der Waals surface area contributed by atoms with Crippen molar-refractivity contribution in [3.05, 3.63) is 60.2 Å². The van der Waals surface area contributed by atoms with Crippen LogP contribution in [0.3, 0.4) is 0 Å². The second kappa shape index (κ2) is 5.05. The number of nitrogens with two attached hydrogens (primary N) is 1. The minimum atomic E-state index is -1.07. The number of rotatable bonds is 3. The molecule has 0 aliphatic rings. The molecule has 0 radical (unpaired) electrons. The highest BCUT2D eigenvalue weighted by Gasteiger charge is 2.14. The fraction of sp³-hybridized carbons (Fsp3) is 0.0769. The Balaban J connectivity index is 2.15. The van der Waals surface area contributed by atoms with E-state index in [0.717, 1.165) is 5.56 Å². The highest BCUT2D eigenvalue weighted by Crippen LogP contribution is 2.21. The number of para-hydroxylation sites is 1. The van der Waals surface area contributed by atoms with Gasteiger partial charge in [-0.2, -0.15) is 0 Å². The Bertz CT molecular complexity index is 458. The molecule has 2 rings (SSSR count). The molecule has 0 aliphatic heterocycles. The number of hydrogen-bond acceptors (Lipinski definition) is 2. The Labute approximate surface area is 98.3 Å². The summed E-state index contributed by atoms with van der Waals surface area (Å²) < 4.78 is 12.1. The van der Waals surface area contributed by atoms with E-state index in [1.165, 1.54) is 0 Å². The van der Waals surface area contributed by atoms with Gasteiger partial charge in [0.1, 0.15) is 5.75 Å². The monoisotopic (exact) mass is 231 g/mol. The molecule has 0 heterocycles. The average molecular weight is 231 g/mol. The lowest BCUT2D eigenvalue weighted by Crippen LogP contribution is -2.07. The Morgan fingerprint density at radius 2 is 1.56 bits per heavy atom. The Morgan fingerprint density at radius 3 is 2.25 bits per heavy atom. The van der Waals surface area contributed by atoms with Gasteiger partial charge in [-0.1, -0.05) is 42.5 Å². The van der Waals surface area contributed by atoms with Crippen LogP contribution in [-0.2, 0) is 16.9 Å². The number of benzene rings is 2. The van der Waals surface area contributed by atoms with Crippen molar-refractivity contribution in [3.8, 4) is 0 Å². The lowest BCUT2D eigenvalue weighted by Gasteiger charge is -2.11. The lowest BCUT2D eigenvalue weighted by atomic mass is 10.2. The van der Waals surface area contributed by atoms with Crippen LogP contribution < -0.4 is 5.73 Å². The minimum absolute atomic E-state index is 0.509. The zero-order valence-electron chi connectivity index (χ0n) is 8.80. The van der Waals surface area contributed by atoms with E-state index in [0.29, 0.717) is 16.3 Å². The fourth-order valence-corrected chi connectivity index (χ4v) is 2.70. The summed E-state index contributed by atoms with van der Waals surface area (Å²) in [5.74, 6) is 0.509. The van der Waals surface area contributed by atoms with Crippen molar-refractivity contribution in [1.82, 2.24) is 0 Å².